The Labute approximate surface area is 127 Å². The van der Waals surface area contributed by atoms with Crippen LogP contribution in [0.15, 0.2) is 18.2 Å². The first-order chi connectivity index (χ1) is 9.94. The fourth-order valence-electron chi connectivity index (χ4n) is 3.07. The Balaban J connectivity index is 2.10. The molecule has 1 aromatic carbocycles. The number of hydrogen-bond acceptors (Lipinski definition) is 2. The van der Waals surface area contributed by atoms with Crippen LogP contribution >= 0.6 is 0 Å². The summed E-state index contributed by atoms with van der Waals surface area (Å²) in [6, 6.07) is 5.82. The summed E-state index contributed by atoms with van der Waals surface area (Å²) in [5.74, 6) is 6.13. The van der Waals surface area contributed by atoms with Crippen molar-refractivity contribution in [2.24, 2.45) is 17.1 Å². The highest BCUT2D eigenvalue weighted by Crippen LogP contribution is 2.43. The number of aryl methyl sites for hydroxylation is 1. The summed E-state index contributed by atoms with van der Waals surface area (Å²) in [4.78, 5) is 12.4. The second-order valence-electron chi connectivity index (χ2n) is 6.46. The Kier molecular flexibility index (Phi) is 4.69. The van der Waals surface area contributed by atoms with Gasteiger partial charge in [-0.2, -0.15) is 0 Å². The number of rotatable bonds is 2. The van der Waals surface area contributed by atoms with Crippen LogP contribution in [0.2, 0.25) is 0 Å². The molecule has 1 aromatic rings. The van der Waals surface area contributed by atoms with E-state index in [0.717, 1.165) is 36.1 Å². The van der Waals surface area contributed by atoms with E-state index in [1.807, 2.05) is 25.1 Å². The molecule has 0 saturated heterocycles. The van der Waals surface area contributed by atoms with E-state index in [1.54, 1.807) is 0 Å². The van der Waals surface area contributed by atoms with Crippen molar-refractivity contribution >= 4 is 11.6 Å². The van der Waals surface area contributed by atoms with E-state index < -0.39 is 0 Å². The second kappa shape index (κ2) is 6.32. The highest BCUT2D eigenvalue weighted by molar-refractivity contribution is 5.93. The zero-order chi connectivity index (χ0) is 15.5. The van der Waals surface area contributed by atoms with Crippen LogP contribution in [0.25, 0.3) is 0 Å². The van der Waals surface area contributed by atoms with Crippen LogP contribution in [0, 0.1) is 30.1 Å². The van der Waals surface area contributed by atoms with Crippen molar-refractivity contribution in [1.82, 2.24) is 0 Å². The lowest BCUT2D eigenvalue weighted by Crippen LogP contribution is -2.30. The average molecular weight is 284 g/mol. The lowest BCUT2D eigenvalue weighted by atomic mass is 9.81. The average Bonchev–Trinajstić information content (AvgIpc) is 2.77. The molecule has 1 unspecified atom stereocenters. The van der Waals surface area contributed by atoms with Gasteiger partial charge in [-0.05, 0) is 48.9 Å². The highest BCUT2D eigenvalue weighted by Gasteiger charge is 2.39. The molecule has 1 aliphatic carbocycles. The van der Waals surface area contributed by atoms with Gasteiger partial charge in [-0.25, -0.2) is 0 Å². The molecule has 1 amide bonds. The predicted molar refractivity (Wildman–Crippen MR) is 86.9 cm³/mol. The standard InChI is InChI=1S/C18H24N2O/c1-13-12-15(9-8-14(13)6-5-11-19)20-17(21)16-7-4-10-18(16,2)3/h8-9,12,16H,4,7,10-11,19H2,1-3H3,(H,20,21). The minimum Gasteiger partial charge on any atom is -0.326 e. The predicted octanol–water partition coefficient (Wildman–Crippen LogP) is 3.07. The van der Waals surface area contributed by atoms with Gasteiger partial charge >= 0.3 is 0 Å². The van der Waals surface area contributed by atoms with E-state index in [2.05, 4.69) is 31.0 Å². The number of carbonyl (C=O) groups is 1. The first kappa shape index (κ1) is 15.6. The summed E-state index contributed by atoms with van der Waals surface area (Å²) in [7, 11) is 0. The van der Waals surface area contributed by atoms with Crippen molar-refractivity contribution in [1.29, 1.82) is 0 Å². The van der Waals surface area contributed by atoms with Gasteiger partial charge in [0.1, 0.15) is 0 Å². The van der Waals surface area contributed by atoms with Gasteiger partial charge in [-0.3, -0.25) is 4.79 Å². The SMILES string of the molecule is Cc1cc(NC(=O)C2CCCC2(C)C)ccc1C#CCN. The Morgan fingerprint density at radius 1 is 1.48 bits per heavy atom. The third-order valence-corrected chi connectivity index (χ3v) is 4.39. The molecule has 112 valence electrons. The molecular formula is C18H24N2O. The molecule has 1 atom stereocenters. The zero-order valence-corrected chi connectivity index (χ0v) is 13.1. The molecule has 21 heavy (non-hydrogen) atoms. The highest BCUT2D eigenvalue weighted by atomic mass is 16.1. The van der Waals surface area contributed by atoms with Crippen molar-refractivity contribution in [3.05, 3.63) is 29.3 Å². The summed E-state index contributed by atoms with van der Waals surface area (Å²) < 4.78 is 0. The Hall–Kier alpha value is -1.79. The quantitative estimate of drug-likeness (QED) is 0.820. The molecule has 1 saturated carbocycles. The minimum atomic E-state index is 0.103. The summed E-state index contributed by atoms with van der Waals surface area (Å²) in [5, 5.41) is 3.05. The second-order valence-corrected chi connectivity index (χ2v) is 6.46. The van der Waals surface area contributed by atoms with Crippen molar-refractivity contribution in [3.63, 3.8) is 0 Å². The molecule has 1 aliphatic rings. The van der Waals surface area contributed by atoms with Gasteiger partial charge in [0.15, 0.2) is 0 Å². The molecule has 0 aromatic heterocycles. The van der Waals surface area contributed by atoms with Gasteiger partial charge in [0.05, 0.1) is 6.54 Å². The van der Waals surface area contributed by atoms with E-state index in [0.29, 0.717) is 6.54 Å². The lowest BCUT2D eigenvalue weighted by Gasteiger charge is -2.25. The van der Waals surface area contributed by atoms with Crippen molar-refractivity contribution in [2.75, 3.05) is 11.9 Å². The van der Waals surface area contributed by atoms with E-state index in [1.165, 1.54) is 0 Å². The van der Waals surface area contributed by atoms with Crippen molar-refractivity contribution in [3.8, 4) is 11.8 Å². The maximum atomic E-state index is 12.4. The molecule has 2 rings (SSSR count). The Bertz CT molecular complexity index is 593. The molecule has 0 heterocycles. The first-order valence-electron chi connectivity index (χ1n) is 7.54. The molecular weight excluding hydrogens is 260 g/mol. The number of anilines is 1. The van der Waals surface area contributed by atoms with E-state index in [9.17, 15) is 4.79 Å². The van der Waals surface area contributed by atoms with E-state index in [4.69, 9.17) is 5.73 Å². The van der Waals surface area contributed by atoms with Gasteiger partial charge in [-0.1, -0.05) is 32.1 Å². The summed E-state index contributed by atoms with van der Waals surface area (Å²) in [6.07, 6.45) is 3.24. The molecule has 0 aliphatic heterocycles. The number of hydrogen-bond donors (Lipinski definition) is 2. The molecule has 0 spiro atoms. The lowest BCUT2D eigenvalue weighted by molar-refractivity contribution is -0.122. The van der Waals surface area contributed by atoms with Gasteiger partial charge in [0.2, 0.25) is 5.91 Å². The third-order valence-electron chi connectivity index (χ3n) is 4.39. The van der Waals surface area contributed by atoms with Crippen LogP contribution in [0.3, 0.4) is 0 Å². The number of amides is 1. The molecule has 3 heteroatoms. The van der Waals surface area contributed by atoms with Crippen LogP contribution in [-0.4, -0.2) is 12.5 Å². The van der Waals surface area contributed by atoms with Crippen LogP contribution in [0.5, 0.6) is 0 Å². The number of nitrogens with two attached hydrogens (primary N) is 1. The molecule has 0 bridgehead atoms. The summed E-state index contributed by atoms with van der Waals surface area (Å²) >= 11 is 0. The third kappa shape index (κ3) is 3.65. The first-order valence-corrected chi connectivity index (χ1v) is 7.54. The van der Waals surface area contributed by atoms with E-state index >= 15 is 0 Å². The summed E-state index contributed by atoms with van der Waals surface area (Å²) in [6.45, 7) is 6.71. The zero-order valence-electron chi connectivity index (χ0n) is 13.1. The molecule has 3 N–H and O–H groups in total. The fraction of sp³-hybridized carbons (Fsp3) is 0.500. The fourth-order valence-corrected chi connectivity index (χ4v) is 3.07. The van der Waals surface area contributed by atoms with Gasteiger partial charge in [0.25, 0.3) is 0 Å². The maximum absolute atomic E-state index is 12.4. The molecule has 0 radical (unpaired) electrons. The molecule has 1 fully saturated rings. The van der Waals surface area contributed by atoms with Crippen LogP contribution in [0.1, 0.15) is 44.2 Å². The van der Waals surface area contributed by atoms with Crippen LogP contribution < -0.4 is 11.1 Å². The van der Waals surface area contributed by atoms with Gasteiger partial charge in [-0.15, -0.1) is 0 Å². The monoisotopic (exact) mass is 284 g/mol. The van der Waals surface area contributed by atoms with Crippen LogP contribution in [0.4, 0.5) is 5.69 Å². The Morgan fingerprint density at radius 2 is 2.24 bits per heavy atom. The molecule has 3 nitrogen and oxygen atoms in total. The topological polar surface area (TPSA) is 55.1 Å². The van der Waals surface area contributed by atoms with Crippen molar-refractivity contribution < 1.29 is 4.79 Å². The summed E-state index contributed by atoms with van der Waals surface area (Å²) in [5.41, 5.74) is 8.35. The smallest absolute Gasteiger partial charge is 0.228 e. The number of carbonyl (C=O) groups excluding carboxylic acids is 1. The van der Waals surface area contributed by atoms with Gasteiger partial charge < -0.3 is 11.1 Å². The normalized spacial score (nSPS) is 19.7. The largest absolute Gasteiger partial charge is 0.326 e. The maximum Gasteiger partial charge on any atom is 0.228 e. The van der Waals surface area contributed by atoms with E-state index in [-0.39, 0.29) is 17.2 Å². The number of benzene rings is 1. The van der Waals surface area contributed by atoms with Gasteiger partial charge in [0, 0.05) is 17.2 Å². The Morgan fingerprint density at radius 3 is 2.81 bits per heavy atom. The minimum absolute atomic E-state index is 0.103. The van der Waals surface area contributed by atoms with Crippen molar-refractivity contribution in [2.45, 2.75) is 40.0 Å². The number of nitrogens with one attached hydrogen (secondary N) is 1. The van der Waals surface area contributed by atoms with Crippen LogP contribution in [-0.2, 0) is 4.79 Å².